The molecule has 0 amide bonds. The zero-order valence-electron chi connectivity index (χ0n) is 7.10. The summed E-state index contributed by atoms with van der Waals surface area (Å²) in [5.41, 5.74) is -0.553. The van der Waals surface area contributed by atoms with Gasteiger partial charge in [-0.15, -0.1) is 4.72 Å². The van der Waals surface area contributed by atoms with Gasteiger partial charge in [-0.25, -0.2) is 0 Å². The molecular formula is C6H6NO6S2. The molecular weight excluding hydrogens is 246 g/mol. The zero-order valence-corrected chi connectivity index (χ0v) is 8.73. The van der Waals surface area contributed by atoms with Crippen LogP contribution in [0.2, 0.25) is 0 Å². The highest BCUT2D eigenvalue weighted by Crippen LogP contribution is 2.21. The van der Waals surface area contributed by atoms with Crippen LogP contribution in [-0.4, -0.2) is 25.9 Å². The monoisotopic (exact) mass is 252 g/mol. The van der Waals surface area contributed by atoms with Crippen LogP contribution in [0.25, 0.3) is 0 Å². The van der Waals surface area contributed by atoms with Gasteiger partial charge in [-0.1, -0.05) is 12.1 Å². The third-order valence-electron chi connectivity index (χ3n) is 1.36. The maximum atomic E-state index is 10.8. The van der Waals surface area contributed by atoms with Gasteiger partial charge in [0.2, 0.25) is 0 Å². The molecule has 1 aromatic carbocycles. The second-order valence-electron chi connectivity index (χ2n) is 2.48. The van der Waals surface area contributed by atoms with Gasteiger partial charge in [0.1, 0.15) is 4.90 Å². The van der Waals surface area contributed by atoms with E-state index in [1.54, 1.807) is 0 Å². The fourth-order valence-corrected chi connectivity index (χ4v) is 1.97. The first-order valence-corrected chi connectivity index (χ1v) is 6.31. The molecule has 0 saturated heterocycles. The Kier molecular flexibility index (Phi) is 3.00. The molecule has 0 aliphatic carbocycles. The fourth-order valence-electron chi connectivity index (χ4n) is 0.875. The molecule has 15 heavy (non-hydrogen) atoms. The molecule has 83 valence electrons. The summed E-state index contributed by atoms with van der Waals surface area (Å²) < 4.78 is 62.1. The van der Waals surface area contributed by atoms with Crippen molar-refractivity contribution in [2.45, 2.75) is 4.90 Å². The molecule has 0 aliphatic rings. The summed E-state index contributed by atoms with van der Waals surface area (Å²) in [6, 6.07) is 4.56. The number of hydrogen-bond donors (Lipinski definition) is 2. The third kappa shape index (κ3) is 3.47. The summed E-state index contributed by atoms with van der Waals surface area (Å²) in [5, 5.41) is 0. The summed E-state index contributed by atoms with van der Waals surface area (Å²) in [7, 11) is -9.29. The minimum atomic E-state index is -4.71. The Morgan fingerprint density at radius 3 is 2.00 bits per heavy atom. The molecule has 7 nitrogen and oxygen atoms in total. The second-order valence-corrected chi connectivity index (χ2v) is 4.95. The SMILES string of the molecule is O=S(=O)(O)[N]c1ccccc1S(=O)(=O)O. The van der Waals surface area contributed by atoms with Gasteiger partial charge in [0.25, 0.3) is 10.1 Å². The highest BCUT2D eigenvalue weighted by molar-refractivity contribution is 7.86. The molecule has 0 aromatic heterocycles. The maximum Gasteiger partial charge on any atom is 0.378 e. The van der Waals surface area contributed by atoms with Gasteiger partial charge in [-0.2, -0.15) is 16.8 Å². The van der Waals surface area contributed by atoms with Crippen LogP contribution in [-0.2, 0) is 20.4 Å². The number of hydrogen-bond acceptors (Lipinski definition) is 4. The van der Waals surface area contributed by atoms with Gasteiger partial charge in [0.05, 0.1) is 5.69 Å². The molecule has 0 spiro atoms. The number of benzene rings is 1. The topological polar surface area (TPSA) is 123 Å². The third-order valence-corrected chi connectivity index (χ3v) is 2.69. The number of nitrogens with zero attached hydrogens (tertiary/aromatic N) is 1. The van der Waals surface area contributed by atoms with Gasteiger partial charge >= 0.3 is 10.3 Å². The van der Waals surface area contributed by atoms with Crippen LogP contribution >= 0.6 is 0 Å². The molecule has 1 rings (SSSR count). The average molecular weight is 252 g/mol. The molecule has 0 bridgehead atoms. The minimum Gasteiger partial charge on any atom is -0.282 e. The normalized spacial score (nSPS) is 12.4. The van der Waals surface area contributed by atoms with Crippen molar-refractivity contribution in [3.8, 4) is 0 Å². The molecule has 1 radical (unpaired) electrons. The Labute approximate surface area is 86.4 Å². The van der Waals surface area contributed by atoms with Crippen molar-refractivity contribution in [2.24, 2.45) is 0 Å². The van der Waals surface area contributed by atoms with E-state index in [9.17, 15) is 16.8 Å². The lowest BCUT2D eigenvalue weighted by Gasteiger charge is -2.03. The van der Waals surface area contributed by atoms with E-state index < -0.39 is 31.0 Å². The molecule has 0 aliphatic heterocycles. The van der Waals surface area contributed by atoms with Crippen LogP contribution in [0.5, 0.6) is 0 Å². The minimum absolute atomic E-state index is 0.553. The van der Waals surface area contributed by atoms with Crippen LogP contribution in [0.3, 0.4) is 0 Å². The van der Waals surface area contributed by atoms with E-state index in [0.717, 1.165) is 12.1 Å². The fraction of sp³-hybridized carbons (Fsp3) is 0. The summed E-state index contributed by atoms with van der Waals surface area (Å²) in [6.45, 7) is 0. The summed E-state index contributed by atoms with van der Waals surface area (Å²) >= 11 is 0. The van der Waals surface area contributed by atoms with E-state index in [1.165, 1.54) is 12.1 Å². The van der Waals surface area contributed by atoms with Gasteiger partial charge in [-0.3, -0.25) is 9.11 Å². The Bertz CT molecular complexity index is 561. The molecule has 0 saturated carbocycles. The molecule has 2 N–H and O–H groups in total. The van der Waals surface area contributed by atoms with E-state index in [1.807, 2.05) is 0 Å². The lowest BCUT2D eigenvalue weighted by Crippen LogP contribution is -2.12. The lowest BCUT2D eigenvalue weighted by molar-refractivity contribution is 0.475. The smallest absolute Gasteiger partial charge is 0.282 e. The molecule has 9 heteroatoms. The van der Waals surface area contributed by atoms with E-state index in [2.05, 4.69) is 4.72 Å². The van der Waals surface area contributed by atoms with Gasteiger partial charge in [-0.05, 0) is 12.1 Å². The average Bonchev–Trinajstić information content (AvgIpc) is 1.99. The van der Waals surface area contributed by atoms with Crippen molar-refractivity contribution in [2.75, 3.05) is 0 Å². The van der Waals surface area contributed by atoms with Crippen molar-refractivity contribution in [3.05, 3.63) is 24.3 Å². The van der Waals surface area contributed by atoms with E-state index >= 15 is 0 Å². The lowest BCUT2D eigenvalue weighted by atomic mass is 10.3. The highest BCUT2D eigenvalue weighted by atomic mass is 32.2. The Hall–Kier alpha value is -1.16. The van der Waals surface area contributed by atoms with Crippen molar-refractivity contribution >= 4 is 26.1 Å². The predicted octanol–water partition coefficient (Wildman–Crippen LogP) is -0.0280. The molecule has 0 heterocycles. The second kappa shape index (κ2) is 3.77. The first kappa shape index (κ1) is 11.9. The molecule has 0 atom stereocenters. The Morgan fingerprint density at radius 1 is 1.00 bits per heavy atom. The van der Waals surface area contributed by atoms with Gasteiger partial charge < -0.3 is 0 Å². The van der Waals surface area contributed by atoms with Crippen LogP contribution in [0.15, 0.2) is 29.2 Å². The standard InChI is InChI=1S/C6H6NO6S2/c8-14(9,10)6-4-2-1-3-5(6)7-15(11,12)13/h1-4H,(H,8,9,10)(H,11,12,13). The van der Waals surface area contributed by atoms with Gasteiger partial charge in [0.15, 0.2) is 0 Å². The zero-order chi connectivity index (χ0) is 11.7. The van der Waals surface area contributed by atoms with Crippen molar-refractivity contribution < 1.29 is 25.9 Å². The predicted molar refractivity (Wildman–Crippen MR) is 49.6 cm³/mol. The summed E-state index contributed by atoms with van der Waals surface area (Å²) in [5.74, 6) is 0. The van der Waals surface area contributed by atoms with Crippen LogP contribution in [0, 0.1) is 0 Å². The quantitative estimate of drug-likeness (QED) is 0.728. The van der Waals surface area contributed by atoms with Crippen LogP contribution in [0.1, 0.15) is 0 Å². The van der Waals surface area contributed by atoms with Crippen molar-refractivity contribution in [1.29, 1.82) is 0 Å². The summed E-state index contributed by atoms with van der Waals surface area (Å²) in [4.78, 5) is -0.692. The highest BCUT2D eigenvalue weighted by Gasteiger charge is 2.19. The molecule has 1 aromatic rings. The van der Waals surface area contributed by atoms with E-state index in [0.29, 0.717) is 0 Å². The summed E-state index contributed by atoms with van der Waals surface area (Å²) in [6.07, 6.45) is 0. The Balaban J connectivity index is 3.32. The van der Waals surface area contributed by atoms with Crippen LogP contribution in [0.4, 0.5) is 5.69 Å². The molecule has 0 fully saturated rings. The Morgan fingerprint density at radius 2 is 1.53 bits per heavy atom. The van der Waals surface area contributed by atoms with Crippen molar-refractivity contribution in [3.63, 3.8) is 0 Å². The van der Waals surface area contributed by atoms with E-state index in [-0.39, 0.29) is 0 Å². The maximum absolute atomic E-state index is 10.8. The molecule has 0 unspecified atom stereocenters. The van der Waals surface area contributed by atoms with E-state index in [4.69, 9.17) is 9.11 Å². The van der Waals surface area contributed by atoms with Crippen LogP contribution < -0.4 is 4.72 Å². The van der Waals surface area contributed by atoms with Crippen molar-refractivity contribution in [1.82, 2.24) is 4.72 Å². The first-order valence-electron chi connectivity index (χ1n) is 3.47. The van der Waals surface area contributed by atoms with Gasteiger partial charge in [0, 0.05) is 0 Å². The largest absolute Gasteiger partial charge is 0.378 e. The first-order chi connectivity index (χ1) is 6.70. The number of rotatable bonds is 3.